The fraction of sp³-hybridized carbons (Fsp3) is 0.182. The Morgan fingerprint density at radius 2 is 1.84 bits per heavy atom. The molecule has 0 aliphatic carbocycles. The molecule has 1 aliphatic heterocycles. The van der Waals surface area contributed by atoms with E-state index in [1.165, 1.54) is 24.2 Å². The molecule has 166 valence electrons. The van der Waals surface area contributed by atoms with E-state index in [2.05, 4.69) is 5.32 Å². The summed E-state index contributed by atoms with van der Waals surface area (Å²) in [6, 6.07) is 11.3. The number of rotatable bonds is 8. The Balaban J connectivity index is 1.94. The van der Waals surface area contributed by atoms with Crippen molar-refractivity contribution in [2.24, 2.45) is 0 Å². The largest absolute Gasteiger partial charge is 0.497 e. The van der Waals surface area contributed by atoms with Gasteiger partial charge in [-0.05, 0) is 67.2 Å². The SMILES string of the molecule is CCOc1cc(/C=C2\C(=O)NC(=S)N(c3ccc(OC)cc3)C2=O)ccc1OCC(=O)O. The smallest absolute Gasteiger partial charge is 0.341 e. The molecule has 32 heavy (non-hydrogen) atoms. The van der Waals surface area contributed by atoms with E-state index in [0.717, 1.165) is 0 Å². The van der Waals surface area contributed by atoms with E-state index in [1.54, 1.807) is 43.3 Å². The average Bonchev–Trinajstić information content (AvgIpc) is 2.76. The first kappa shape index (κ1) is 22.8. The van der Waals surface area contributed by atoms with Crippen molar-refractivity contribution in [1.29, 1.82) is 0 Å². The second-order valence-electron chi connectivity index (χ2n) is 6.48. The minimum atomic E-state index is -1.13. The van der Waals surface area contributed by atoms with Crippen molar-refractivity contribution in [2.75, 3.05) is 25.2 Å². The van der Waals surface area contributed by atoms with E-state index >= 15 is 0 Å². The topological polar surface area (TPSA) is 114 Å². The molecule has 2 amide bonds. The normalized spacial score (nSPS) is 14.9. The van der Waals surface area contributed by atoms with Gasteiger partial charge in [0.05, 0.1) is 19.4 Å². The van der Waals surface area contributed by atoms with Crippen LogP contribution in [-0.2, 0) is 14.4 Å². The van der Waals surface area contributed by atoms with E-state index in [4.69, 9.17) is 31.5 Å². The molecule has 1 saturated heterocycles. The summed E-state index contributed by atoms with van der Waals surface area (Å²) in [7, 11) is 1.53. The van der Waals surface area contributed by atoms with Gasteiger partial charge in [-0.25, -0.2) is 4.79 Å². The number of benzene rings is 2. The fourth-order valence-electron chi connectivity index (χ4n) is 2.93. The molecule has 10 heteroatoms. The molecule has 0 bridgehead atoms. The van der Waals surface area contributed by atoms with Gasteiger partial charge in [-0.2, -0.15) is 0 Å². The molecular weight excluding hydrogens is 436 g/mol. The van der Waals surface area contributed by atoms with Crippen LogP contribution in [0.15, 0.2) is 48.0 Å². The van der Waals surface area contributed by atoms with Crippen LogP contribution < -0.4 is 24.4 Å². The van der Waals surface area contributed by atoms with Gasteiger partial charge in [0.1, 0.15) is 11.3 Å². The third-order valence-corrected chi connectivity index (χ3v) is 4.65. The van der Waals surface area contributed by atoms with Gasteiger partial charge in [-0.15, -0.1) is 0 Å². The van der Waals surface area contributed by atoms with Crippen LogP contribution in [0.5, 0.6) is 17.2 Å². The number of thiocarbonyl (C=S) groups is 1. The summed E-state index contributed by atoms with van der Waals surface area (Å²) >= 11 is 5.19. The molecule has 2 N–H and O–H groups in total. The monoisotopic (exact) mass is 456 g/mol. The summed E-state index contributed by atoms with van der Waals surface area (Å²) < 4.78 is 15.9. The highest BCUT2D eigenvalue weighted by Gasteiger charge is 2.34. The van der Waals surface area contributed by atoms with Crippen molar-refractivity contribution >= 4 is 46.9 Å². The maximum atomic E-state index is 13.1. The van der Waals surface area contributed by atoms with Crippen molar-refractivity contribution in [3.8, 4) is 17.2 Å². The number of aliphatic carboxylic acids is 1. The lowest BCUT2D eigenvalue weighted by molar-refractivity contribution is -0.139. The summed E-state index contributed by atoms with van der Waals surface area (Å²) in [6.45, 7) is 1.54. The van der Waals surface area contributed by atoms with Crippen molar-refractivity contribution in [3.05, 3.63) is 53.6 Å². The summed E-state index contributed by atoms with van der Waals surface area (Å²) in [6.07, 6.45) is 1.40. The third kappa shape index (κ3) is 5.03. The molecule has 9 nitrogen and oxygen atoms in total. The van der Waals surface area contributed by atoms with E-state index in [9.17, 15) is 14.4 Å². The zero-order valence-electron chi connectivity index (χ0n) is 17.3. The minimum absolute atomic E-state index is 0.0326. The molecular formula is C22H20N2O7S. The highest BCUT2D eigenvalue weighted by molar-refractivity contribution is 7.80. The molecule has 0 radical (unpaired) electrons. The van der Waals surface area contributed by atoms with E-state index in [1.807, 2.05) is 0 Å². The Hall–Kier alpha value is -3.92. The number of nitrogens with one attached hydrogen (secondary N) is 1. The van der Waals surface area contributed by atoms with Crippen molar-refractivity contribution in [1.82, 2.24) is 5.32 Å². The van der Waals surface area contributed by atoms with Gasteiger partial charge < -0.3 is 19.3 Å². The standard InChI is InChI=1S/C22H20N2O7S/c1-3-30-18-11-13(4-9-17(18)31-12-19(25)26)10-16-20(27)23-22(32)24(21(16)28)14-5-7-15(29-2)8-6-14/h4-11H,3,12H2,1-2H3,(H,25,26)(H,23,27,32)/b16-10+. The molecule has 0 spiro atoms. The number of methoxy groups -OCH3 is 1. The molecule has 0 aromatic heterocycles. The van der Waals surface area contributed by atoms with Crippen molar-refractivity contribution in [3.63, 3.8) is 0 Å². The van der Waals surface area contributed by atoms with Crippen LogP contribution in [0.2, 0.25) is 0 Å². The van der Waals surface area contributed by atoms with Gasteiger partial charge in [-0.3, -0.25) is 19.8 Å². The van der Waals surface area contributed by atoms with Gasteiger partial charge >= 0.3 is 5.97 Å². The molecule has 0 saturated carbocycles. The summed E-state index contributed by atoms with van der Waals surface area (Å²) in [5, 5.41) is 11.3. The van der Waals surface area contributed by atoms with Crippen LogP contribution in [0.25, 0.3) is 6.08 Å². The molecule has 0 unspecified atom stereocenters. The lowest BCUT2D eigenvalue weighted by atomic mass is 10.1. The predicted octanol–water partition coefficient (Wildman–Crippen LogP) is 2.39. The summed E-state index contributed by atoms with van der Waals surface area (Å²) in [5.41, 5.74) is 0.826. The van der Waals surface area contributed by atoms with Crippen molar-refractivity contribution < 1.29 is 33.7 Å². The van der Waals surface area contributed by atoms with Gasteiger partial charge in [-0.1, -0.05) is 6.07 Å². The third-order valence-electron chi connectivity index (χ3n) is 4.36. The number of carboxylic acid groups (broad SMARTS) is 1. The summed E-state index contributed by atoms with van der Waals surface area (Å²) in [5.74, 6) is -1.22. The number of nitrogens with zero attached hydrogens (tertiary/aromatic N) is 1. The summed E-state index contributed by atoms with van der Waals surface area (Å²) in [4.78, 5) is 37.6. The van der Waals surface area contributed by atoms with Crippen LogP contribution in [0, 0.1) is 0 Å². The van der Waals surface area contributed by atoms with Gasteiger partial charge in [0.25, 0.3) is 11.8 Å². The van der Waals surface area contributed by atoms with Gasteiger partial charge in [0.2, 0.25) is 0 Å². The van der Waals surface area contributed by atoms with Crippen LogP contribution in [-0.4, -0.2) is 48.3 Å². The zero-order valence-corrected chi connectivity index (χ0v) is 18.1. The second-order valence-corrected chi connectivity index (χ2v) is 6.86. The van der Waals surface area contributed by atoms with Crippen LogP contribution in [0.4, 0.5) is 5.69 Å². The van der Waals surface area contributed by atoms with Crippen molar-refractivity contribution in [2.45, 2.75) is 6.92 Å². The Morgan fingerprint density at radius 1 is 1.12 bits per heavy atom. The Labute approximate surface area is 189 Å². The zero-order chi connectivity index (χ0) is 23.3. The molecule has 2 aromatic rings. The number of hydrogen-bond acceptors (Lipinski definition) is 7. The first-order valence-corrected chi connectivity index (χ1v) is 9.91. The molecule has 1 aliphatic rings. The van der Waals surface area contributed by atoms with Gasteiger partial charge in [0.15, 0.2) is 23.2 Å². The number of carbonyl (C=O) groups is 3. The number of amides is 2. The lowest BCUT2D eigenvalue weighted by Gasteiger charge is -2.29. The second kappa shape index (κ2) is 9.92. The first-order chi connectivity index (χ1) is 15.3. The first-order valence-electron chi connectivity index (χ1n) is 9.51. The highest BCUT2D eigenvalue weighted by Crippen LogP contribution is 2.30. The van der Waals surface area contributed by atoms with Crippen LogP contribution in [0.3, 0.4) is 0 Å². The predicted molar refractivity (Wildman–Crippen MR) is 120 cm³/mol. The number of hydrogen-bond donors (Lipinski definition) is 2. The van der Waals surface area contributed by atoms with Gasteiger partial charge in [0, 0.05) is 0 Å². The average molecular weight is 456 g/mol. The minimum Gasteiger partial charge on any atom is -0.497 e. The van der Waals surface area contributed by atoms with E-state index < -0.39 is 24.4 Å². The fourth-order valence-corrected chi connectivity index (χ4v) is 3.21. The highest BCUT2D eigenvalue weighted by atomic mass is 32.1. The Bertz CT molecular complexity index is 1100. The molecule has 0 atom stereocenters. The molecule has 1 heterocycles. The quantitative estimate of drug-likeness (QED) is 0.354. The van der Waals surface area contributed by atoms with E-state index in [-0.39, 0.29) is 22.2 Å². The lowest BCUT2D eigenvalue weighted by Crippen LogP contribution is -2.54. The van der Waals surface area contributed by atoms with Crippen LogP contribution in [0.1, 0.15) is 12.5 Å². The van der Waals surface area contributed by atoms with Crippen LogP contribution >= 0.6 is 12.2 Å². The maximum absolute atomic E-state index is 13.1. The Morgan fingerprint density at radius 3 is 2.47 bits per heavy atom. The molecule has 2 aromatic carbocycles. The Kier molecular flexibility index (Phi) is 7.06. The number of ether oxygens (including phenoxy) is 3. The molecule has 3 rings (SSSR count). The molecule has 1 fully saturated rings. The maximum Gasteiger partial charge on any atom is 0.341 e. The van der Waals surface area contributed by atoms with E-state index in [0.29, 0.717) is 23.6 Å². The number of anilines is 1. The number of carboxylic acids is 1. The number of carbonyl (C=O) groups excluding carboxylic acids is 2.